The van der Waals surface area contributed by atoms with Crippen molar-refractivity contribution in [1.82, 2.24) is 10.3 Å². The number of aromatic nitrogens is 1. The van der Waals surface area contributed by atoms with E-state index in [1.165, 1.54) is 38.5 Å². The van der Waals surface area contributed by atoms with Crippen LogP contribution >= 0.6 is 0 Å². The van der Waals surface area contributed by atoms with E-state index in [1.807, 2.05) is 12.1 Å². The lowest BCUT2D eigenvalue weighted by Gasteiger charge is -2.55. The van der Waals surface area contributed by atoms with Crippen LogP contribution in [0.2, 0.25) is 0 Å². The quantitative estimate of drug-likeness (QED) is 0.749. The highest BCUT2D eigenvalue weighted by molar-refractivity contribution is 5.94. The van der Waals surface area contributed by atoms with Gasteiger partial charge < -0.3 is 15.5 Å². The molecular weight excluding hydrogens is 376 g/mol. The Balaban J connectivity index is 1.14. The molecule has 0 unspecified atom stereocenters. The van der Waals surface area contributed by atoms with E-state index >= 15 is 0 Å². The minimum absolute atomic E-state index is 0.0629. The summed E-state index contributed by atoms with van der Waals surface area (Å²) >= 11 is 0. The van der Waals surface area contributed by atoms with E-state index in [-0.39, 0.29) is 17.2 Å². The van der Waals surface area contributed by atoms with Gasteiger partial charge in [-0.05, 0) is 87.7 Å². The van der Waals surface area contributed by atoms with Crippen LogP contribution < -0.4 is 15.5 Å². The lowest BCUT2D eigenvalue weighted by molar-refractivity contribution is -0.146. The molecule has 1 aromatic rings. The molecule has 0 atom stereocenters. The van der Waals surface area contributed by atoms with Crippen LogP contribution in [0.15, 0.2) is 18.3 Å². The highest BCUT2D eigenvalue weighted by Gasteiger charge is 2.54. The first-order chi connectivity index (χ1) is 14.6. The van der Waals surface area contributed by atoms with Crippen LogP contribution in [0.5, 0.6) is 0 Å². The minimum atomic E-state index is -0.143. The number of pyridine rings is 1. The highest BCUT2D eigenvalue weighted by atomic mass is 16.2. The van der Waals surface area contributed by atoms with Crippen LogP contribution in [0.4, 0.5) is 11.5 Å². The van der Waals surface area contributed by atoms with Gasteiger partial charge in [-0.25, -0.2) is 4.98 Å². The fourth-order valence-electron chi connectivity index (χ4n) is 6.93. The molecule has 2 heterocycles. The Labute approximate surface area is 179 Å². The van der Waals surface area contributed by atoms with Crippen LogP contribution in [-0.2, 0) is 9.59 Å². The second-order valence-corrected chi connectivity index (χ2v) is 10.2. The Bertz CT molecular complexity index is 767. The summed E-state index contributed by atoms with van der Waals surface area (Å²) in [5.74, 6) is 3.26. The van der Waals surface area contributed by atoms with Gasteiger partial charge in [0.1, 0.15) is 0 Å². The second-order valence-electron chi connectivity index (χ2n) is 10.2. The van der Waals surface area contributed by atoms with Gasteiger partial charge in [-0.15, -0.1) is 0 Å². The lowest BCUT2D eigenvalue weighted by atomic mass is 9.49. The molecule has 5 fully saturated rings. The van der Waals surface area contributed by atoms with Crippen molar-refractivity contribution in [3.05, 3.63) is 18.3 Å². The topological polar surface area (TPSA) is 74.3 Å². The normalized spacial score (nSPS) is 32.1. The molecular formula is C24H34N4O2. The van der Waals surface area contributed by atoms with Gasteiger partial charge in [-0.1, -0.05) is 0 Å². The van der Waals surface area contributed by atoms with Gasteiger partial charge in [0.05, 0.1) is 5.69 Å². The van der Waals surface area contributed by atoms with Gasteiger partial charge in [0, 0.05) is 37.7 Å². The van der Waals surface area contributed by atoms with Gasteiger partial charge in [0.15, 0.2) is 5.82 Å². The number of carbonyl (C=O) groups excluding carboxylic acids is 2. The van der Waals surface area contributed by atoms with Crippen molar-refractivity contribution in [1.29, 1.82) is 0 Å². The van der Waals surface area contributed by atoms with E-state index in [4.69, 9.17) is 0 Å². The van der Waals surface area contributed by atoms with E-state index in [2.05, 4.69) is 20.5 Å². The smallest absolute Gasteiger partial charge is 0.226 e. The molecule has 4 aliphatic carbocycles. The summed E-state index contributed by atoms with van der Waals surface area (Å²) in [4.78, 5) is 32.4. The summed E-state index contributed by atoms with van der Waals surface area (Å²) in [6.07, 6.45) is 12.9. The predicted octanol–water partition coefficient (Wildman–Crippen LogP) is 3.73. The Hall–Kier alpha value is -2.11. The molecule has 0 radical (unpaired) electrons. The largest absolute Gasteiger partial charge is 0.355 e. The van der Waals surface area contributed by atoms with Gasteiger partial charge >= 0.3 is 0 Å². The highest BCUT2D eigenvalue weighted by Crippen LogP contribution is 2.60. The first-order valence-corrected chi connectivity index (χ1v) is 11.9. The van der Waals surface area contributed by atoms with Gasteiger partial charge in [-0.3, -0.25) is 9.59 Å². The zero-order chi connectivity index (χ0) is 20.6. The van der Waals surface area contributed by atoms with Crippen molar-refractivity contribution in [3.63, 3.8) is 0 Å². The molecule has 162 valence electrons. The minimum Gasteiger partial charge on any atom is -0.355 e. The molecule has 6 rings (SSSR count). The zero-order valence-corrected chi connectivity index (χ0v) is 17.9. The number of anilines is 2. The van der Waals surface area contributed by atoms with E-state index in [0.29, 0.717) is 13.0 Å². The van der Waals surface area contributed by atoms with Gasteiger partial charge in [0.2, 0.25) is 11.8 Å². The van der Waals surface area contributed by atoms with Gasteiger partial charge in [0.25, 0.3) is 0 Å². The maximum Gasteiger partial charge on any atom is 0.226 e. The molecule has 0 spiro atoms. The SMILES string of the molecule is O=C(CCNC(=O)C12CC3CC(CC(C3)C1)C2)Nc1cccnc1N1CCCCC1. The third kappa shape index (κ3) is 3.93. The standard InChI is InChI=1S/C24H34N4O2/c29-21(27-20-5-4-7-25-22(20)28-9-2-1-3-10-28)6-8-26-23(30)24-14-17-11-18(15-24)13-19(12-17)16-24/h4-5,7,17-19H,1-3,6,8-16H2,(H,26,30)(H,27,29). The molecule has 6 nitrogen and oxygen atoms in total. The fraction of sp³-hybridized carbons (Fsp3) is 0.708. The summed E-state index contributed by atoms with van der Waals surface area (Å²) in [5.41, 5.74) is 0.632. The first kappa shape index (κ1) is 19.8. The Morgan fingerprint density at radius 2 is 1.70 bits per heavy atom. The molecule has 1 aliphatic heterocycles. The van der Waals surface area contributed by atoms with Crippen molar-refractivity contribution < 1.29 is 9.59 Å². The van der Waals surface area contributed by atoms with Crippen molar-refractivity contribution in [2.45, 2.75) is 64.2 Å². The summed E-state index contributed by atoms with van der Waals surface area (Å²) < 4.78 is 0. The number of carbonyl (C=O) groups is 2. The first-order valence-electron chi connectivity index (χ1n) is 11.9. The Kier molecular flexibility index (Phi) is 5.42. The summed E-state index contributed by atoms with van der Waals surface area (Å²) in [6.45, 7) is 2.38. The number of hydrogen-bond donors (Lipinski definition) is 2. The van der Waals surface area contributed by atoms with E-state index in [0.717, 1.165) is 61.6 Å². The lowest BCUT2D eigenvalue weighted by Crippen LogP contribution is -2.53. The van der Waals surface area contributed by atoms with Crippen LogP contribution in [0, 0.1) is 23.2 Å². The molecule has 5 aliphatic rings. The molecule has 2 N–H and O–H groups in total. The van der Waals surface area contributed by atoms with E-state index in [9.17, 15) is 9.59 Å². The van der Waals surface area contributed by atoms with E-state index < -0.39 is 0 Å². The molecule has 1 saturated heterocycles. The van der Waals surface area contributed by atoms with Crippen molar-refractivity contribution in [3.8, 4) is 0 Å². The molecule has 30 heavy (non-hydrogen) atoms. The Morgan fingerprint density at radius 3 is 2.37 bits per heavy atom. The molecule has 0 aromatic carbocycles. The summed E-state index contributed by atoms with van der Waals surface area (Å²) in [7, 11) is 0. The van der Waals surface area contributed by atoms with Crippen LogP contribution in [-0.4, -0.2) is 36.4 Å². The maximum atomic E-state index is 13.0. The number of nitrogens with zero attached hydrogens (tertiary/aromatic N) is 2. The van der Waals surface area contributed by atoms with Gasteiger partial charge in [-0.2, -0.15) is 0 Å². The molecule has 6 heteroatoms. The van der Waals surface area contributed by atoms with Crippen LogP contribution in [0.1, 0.15) is 64.2 Å². The molecule has 1 aromatic heterocycles. The monoisotopic (exact) mass is 410 g/mol. The average Bonchev–Trinajstić information content (AvgIpc) is 2.74. The van der Waals surface area contributed by atoms with Crippen molar-refractivity contribution >= 4 is 23.3 Å². The summed E-state index contributed by atoms with van der Waals surface area (Å²) in [6, 6.07) is 3.78. The van der Waals surface area contributed by atoms with Crippen molar-refractivity contribution in [2.24, 2.45) is 23.2 Å². The molecule has 2 amide bonds. The number of hydrogen-bond acceptors (Lipinski definition) is 4. The average molecular weight is 411 g/mol. The summed E-state index contributed by atoms with van der Waals surface area (Å²) in [5, 5.41) is 6.13. The Morgan fingerprint density at radius 1 is 1.03 bits per heavy atom. The number of amides is 2. The van der Waals surface area contributed by atoms with E-state index in [1.54, 1.807) is 6.20 Å². The maximum absolute atomic E-state index is 13.0. The van der Waals surface area contributed by atoms with Crippen LogP contribution in [0.25, 0.3) is 0 Å². The fourth-order valence-corrected chi connectivity index (χ4v) is 6.93. The third-order valence-corrected chi connectivity index (χ3v) is 7.87. The second kappa shape index (κ2) is 8.20. The number of piperidine rings is 1. The van der Waals surface area contributed by atoms with Crippen LogP contribution in [0.3, 0.4) is 0 Å². The molecule has 4 bridgehead atoms. The molecule has 4 saturated carbocycles. The predicted molar refractivity (Wildman–Crippen MR) is 117 cm³/mol. The third-order valence-electron chi connectivity index (χ3n) is 7.87. The van der Waals surface area contributed by atoms with Crippen molar-refractivity contribution in [2.75, 3.05) is 29.9 Å². The number of nitrogens with one attached hydrogen (secondary N) is 2. The zero-order valence-electron chi connectivity index (χ0n) is 17.9. The number of rotatable bonds is 6.